The van der Waals surface area contributed by atoms with Crippen molar-refractivity contribution in [2.45, 2.75) is 44.1 Å². The van der Waals surface area contributed by atoms with Crippen molar-refractivity contribution in [3.05, 3.63) is 59.7 Å². The molecule has 1 saturated carbocycles. The number of nitrogens with one attached hydrogen (secondary N) is 1. The van der Waals surface area contributed by atoms with Crippen LogP contribution in [0.4, 0.5) is 4.39 Å². The number of halogens is 1. The number of hydrogen-bond donors (Lipinski definition) is 3. The van der Waals surface area contributed by atoms with Gasteiger partial charge in [0.25, 0.3) is 5.91 Å². The standard InChI is InChI=1S/C19H21FN2O4/c1-11-14(6-3-9-21-11)19(25)22-15-7-8-16(18(24)17(15)23)26-13-5-2-4-12(20)10-13/h2-6,9-10,15-18,23-24H,7-8H2,1H3,(H,22,25)/t15-,16-,17-,18-/m1/s1. The Labute approximate surface area is 150 Å². The fourth-order valence-corrected chi connectivity index (χ4v) is 3.11. The van der Waals surface area contributed by atoms with E-state index in [2.05, 4.69) is 10.3 Å². The number of rotatable bonds is 4. The maximum absolute atomic E-state index is 13.3. The lowest BCUT2D eigenvalue weighted by Gasteiger charge is -2.37. The van der Waals surface area contributed by atoms with Crippen molar-refractivity contribution >= 4 is 5.91 Å². The molecule has 1 aliphatic carbocycles. The molecule has 0 radical (unpaired) electrons. The van der Waals surface area contributed by atoms with E-state index >= 15 is 0 Å². The Bertz CT molecular complexity index is 786. The quantitative estimate of drug-likeness (QED) is 0.770. The van der Waals surface area contributed by atoms with Crippen molar-refractivity contribution in [3.63, 3.8) is 0 Å². The third-order valence-electron chi connectivity index (χ3n) is 4.56. The first-order chi connectivity index (χ1) is 12.5. The molecule has 2 aromatic rings. The van der Waals surface area contributed by atoms with Gasteiger partial charge in [0.05, 0.1) is 11.6 Å². The topological polar surface area (TPSA) is 91.7 Å². The van der Waals surface area contributed by atoms with Gasteiger partial charge in [-0.05, 0) is 44.0 Å². The predicted molar refractivity (Wildman–Crippen MR) is 92.3 cm³/mol. The van der Waals surface area contributed by atoms with Crippen LogP contribution in [0.1, 0.15) is 28.9 Å². The lowest BCUT2D eigenvalue weighted by atomic mass is 9.87. The summed E-state index contributed by atoms with van der Waals surface area (Å²) in [5.41, 5.74) is 1.01. The van der Waals surface area contributed by atoms with Crippen LogP contribution in [0.15, 0.2) is 42.6 Å². The van der Waals surface area contributed by atoms with Crippen molar-refractivity contribution in [2.75, 3.05) is 0 Å². The van der Waals surface area contributed by atoms with Crippen LogP contribution in [0.5, 0.6) is 5.75 Å². The van der Waals surface area contributed by atoms with Crippen LogP contribution in [0.3, 0.4) is 0 Å². The second kappa shape index (κ2) is 7.80. The molecular weight excluding hydrogens is 339 g/mol. The zero-order valence-electron chi connectivity index (χ0n) is 14.3. The molecule has 0 aliphatic heterocycles. The number of aliphatic hydroxyl groups is 2. The van der Waals surface area contributed by atoms with E-state index in [0.29, 0.717) is 24.1 Å². The van der Waals surface area contributed by atoms with Gasteiger partial charge >= 0.3 is 0 Å². The number of carbonyl (C=O) groups is 1. The summed E-state index contributed by atoms with van der Waals surface area (Å²) in [7, 11) is 0. The highest BCUT2D eigenvalue weighted by molar-refractivity contribution is 5.95. The number of carbonyl (C=O) groups excluding carboxylic acids is 1. The van der Waals surface area contributed by atoms with Gasteiger partial charge in [0, 0.05) is 18.0 Å². The van der Waals surface area contributed by atoms with Crippen LogP contribution in [-0.4, -0.2) is 45.5 Å². The highest BCUT2D eigenvalue weighted by Gasteiger charge is 2.39. The van der Waals surface area contributed by atoms with E-state index in [0.717, 1.165) is 0 Å². The molecular formula is C19H21FN2O4. The maximum atomic E-state index is 13.3. The molecule has 1 aromatic carbocycles. The van der Waals surface area contributed by atoms with E-state index in [-0.39, 0.29) is 11.7 Å². The Balaban J connectivity index is 1.63. The molecule has 1 heterocycles. The van der Waals surface area contributed by atoms with Crippen molar-refractivity contribution < 1.29 is 24.1 Å². The lowest BCUT2D eigenvalue weighted by molar-refractivity contribution is -0.0874. The number of hydrogen-bond acceptors (Lipinski definition) is 5. The third-order valence-corrected chi connectivity index (χ3v) is 4.56. The molecule has 6 nitrogen and oxygen atoms in total. The predicted octanol–water partition coefficient (Wildman–Crippen LogP) is 1.59. The van der Waals surface area contributed by atoms with Gasteiger partial charge in [-0.15, -0.1) is 0 Å². The third kappa shape index (κ3) is 4.00. The summed E-state index contributed by atoms with van der Waals surface area (Å²) in [6.45, 7) is 1.73. The fraction of sp³-hybridized carbons (Fsp3) is 0.368. The number of nitrogens with zero attached hydrogens (tertiary/aromatic N) is 1. The Kier molecular flexibility index (Phi) is 5.49. The number of pyridine rings is 1. The Morgan fingerprint density at radius 1 is 1.23 bits per heavy atom. The first-order valence-corrected chi connectivity index (χ1v) is 8.46. The number of amides is 1. The average molecular weight is 360 g/mol. The normalized spacial score (nSPS) is 25.5. The van der Waals surface area contributed by atoms with Crippen LogP contribution >= 0.6 is 0 Å². The van der Waals surface area contributed by atoms with E-state index in [1.807, 2.05) is 0 Å². The van der Waals surface area contributed by atoms with E-state index in [1.54, 1.807) is 31.3 Å². The van der Waals surface area contributed by atoms with Crippen LogP contribution < -0.4 is 10.1 Å². The monoisotopic (exact) mass is 360 g/mol. The minimum Gasteiger partial charge on any atom is -0.488 e. The van der Waals surface area contributed by atoms with E-state index in [1.165, 1.54) is 18.2 Å². The summed E-state index contributed by atoms with van der Waals surface area (Å²) in [6.07, 6.45) is -0.648. The van der Waals surface area contributed by atoms with Crippen LogP contribution in [0, 0.1) is 12.7 Å². The Hall–Kier alpha value is -2.51. The van der Waals surface area contributed by atoms with Gasteiger partial charge in [-0.1, -0.05) is 6.07 Å². The Morgan fingerprint density at radius 2 is 2.04 bits per heavy atom. The smallest absolute Gasteiger partial charge is 0.253 e. The van der Waals surface area contributed by atoms with Gasteiger partial charge in [-0.25, -0.2) is 4.39 Å². The summed E-state index contributed by atoms with van der Waals surface area (Å²) in [5.74, 6) is -0.503. The maximum Gasteiger partial charge on any atom is 0.253 e. The molecule has 3 rings (SSSR count). The molecule has 7 heteroatoms. The molecule has 0 saturated heterocycles. The van der Waals surface area contributed by atoms with Crippen molar-refractivity contribution in [3.8, 4) is 5.75 Å². The molecule has 1 amide bonds. The van der Waals surface area contributed by atoms with Gasteiger partial charge in [-0.3, -0.25) is 9.78 Å². The molecule has 0 bridgehead atoms. The van der Waals surface area contributed by atoms with Crippen LogP contribution in [0.2, 0.25) is 0 Å². The molecule has 0 spiro atoms. The minimum absolute atomic E-state index is 0.287. The molecule has 1 aliphatic rings. The second-order valence-electron chi connectivity index (χ2n) is 6.39. The fourth-order valence-electron chi connectivity index (χ4n) is 3.11. The van der Waals surface area contributed by atoms with Crippen molar-refractivity contribution in [1.29, 1.82) is 0 Å². The van der Waals surface area contributed by atoms with Gasteiger partial charge in [0.15, 0.2) is 0 Å². The van der Waals surface area contributed by atoms with Crippen molar-refractivity contribution in [2.24, 2.45) is 0 Å². The number of aryl methyl sites for hydroxylation is 1. The summed E-state index contributed by atoms with van der Waals surface area (Å²) >= 11 is 0. The number of benzene rings is 1. The molecule has 138 valence electrons. The molecule has 3 N–H and O–H groups in total. The zero-order valence-corrected chi connectivity index (χ0v) is 14.3. The molecule has 4 atom stereocenters. The first kappa shape index (κ1) is 18.3. The zero-order chi connectivity index (χ0) is 18.7. The second-order valence-corrected chi connectivity index (χ2v) is 6.39. The molecule has 26 heavy (non-hydrogen) atoms. The number of aliphatic hydroxyl groups excluding tert-OH is 2. The van der Waals surface area contributed by atoms with E-state index < -0.39 is 30.2 Å². The number of aromatic nitrogens is 1. The Morgan fingerprint density at radius 3 is 2.77 bits per heavy atom. The highest BCUT2D eigenvalue weighted by atomic mass is 19.1. The molecule has 1 fully saturated rings. The SMILES string of the molecule is Cc1ncccc1C(=O)N[C@@H]1CC[C@@H](Oc2cccc(F)c2)[C@@H](O)[C@@H]1O. The highest BCUT2D eigenvalue weighted by Crippen LogP contribution is 2.25. The number of ether oxygens (including phenoxy) is 1. The van der Waals surface area contributed by atoms with Gasteiger partial charge in [-0.2, -0.15) is 0 Å². The van der Waals surface area contributed by atoms with Crippen LogP contribution in [0.25, 0.3) is 0 Å². The first-order valence-electron chi connectivity index (χ1n) is 8.46. The van der Waals surface area contributed by atoms with Crippen molar-refractivity contribution in [1.82, 2.24) is 10.3 Å². The summed E-state index contributed by atoms with van der Waals surface area (Å²) < 4.78 is 18.9. The van der Waals surface area contributed by atoms with E-state index in [4.69, 9.17) is 4.74 Å². The minimum atomic E-state index is -1.20. The average Bonchev–Trinajstić information content (AvgIpc) is 2.62. The lowest BCUT2D eigenvalue weighted by Crippen LogP contribution is -2.57. The molecule has 1 aromatic heterocycles. The largest absolute Gasteiger partial charge is 0.488 e. The van der Waals surface area contributed by atoms with Crippen LogP contribution in [-0.2, 0) is 0 Å². The van der Waals surface area contributed by atoms with Gasteiger partial charge in [0.1, 0.15) is 29.9 Å². The van der Waals surface area contributed by atoms with E-state index in [9.17, 15) is 19.4 Å². The molecule has 0 unspecified atom stereocenters. The van der Waals surface area contributed by atoms with Gasteiger partial charge < -0.3 is 20.3 Å². The summed E-state index contributed by atoms with van der Waals surface area (Å²) in [5, 5.41) is 23.5. The summed E-state index contributed by atoms with van der Waals surface area (Å²) in [6, 6.07) is 8.32. The summed E-state index contributed by atoms with van der Waals surface area (Å²) in [4.78, 5) is 16.4. The van der Waals surface area contributed by atoms with Gasteiger partial charge in [0.2, 0.25) is 0 Å².